The molecule has 76 valence electrons. The Morgan fingerprint density at radius 2 is 2.29 bits per heavy atom. The first-order valence-corrected chi connectivity index (χ1v) is 4.74. The van der Waals surface area contributed by atoms with Crippen molar-refractivity contribution in [3.63, 3.8) is 0 Å². The van der Waals surface area contributed by atoms with E-state index in [1.165, 1.54) is 0 Å². The van der Waals surface area contributed by atoms with Gasteiger partial charge < -0.3 is 10.4 Å². The minimum atomic E-state index is -0.209. The Morgan fingerprint density at radius 3 is 2.86 bits per heavy atom. The number of nitrogens with one attached hydrogen (secondary N) is 1. The topological polar surface area (TPSA) is 49.3 Å². The number of benzene rings is 1. The molecule has 1 aromatic carbocycles. The van der Waals surface area contributed by atoms with Gasteiger partial charge in [0.15, 0.2) is 0 Å². The Bertz CT molecular complexity index is 339. The van der Waals surface area contributed by atoms with E-state index in [2.05, 4.69) is 5.32 Å². The van der Waals surface area contributed by atoms with Gasteiger partial charge in [0.1, 0.15) is 0 Å². The van der Waals surface area contributed by atoms with Crippen LogP contribution < -0.4 is 5.32 Å². The molecule has 0 aromatic heterocycles. The van der Waals surface area contributed by atoms with Gasteiger partial charge in [-0.15, -0.1) is 0 Å². The maximum atomic E-state index is 11.5. The number of hydrogen-bond acceptors (Lipinski definition) is 2. The van der Waals surface area contributed by atoms with Crippen molar-refractivity contribution in [3.05, 3.63) is 34.3 Å². The Labute approximate surface area is 87.7 Å². The van der Waals surface area contributed by atoms with Gasteiger partial charge in [-0.1, -0.05) is 17.7 Å². The number of halogens is 1. The summed E-state index contributed by atoms with van der Waals surface area (Å²) >= 11 is 5.76. The fourth-order valence-corrected chi connectivity index (χ4v) is 1.33. The lowest BCUT2D eigenvalue weighted by Gasteiger charge is -2.07. The van der Waals surface area contributed by atoms with Gasteiger partial charge in [-0.25, -0.2) is 0 Å². The highest BCUT2D eigenvalue weighted by Gasteiger charge is 2.10. The van der Waals surface area contributed by atoms with Crippen molar-refractivity contribution in [3.8, 4) is 0 Å². The fraction of sp³-hybridized carbons (Fsp3) is 0.300. The van der Waals surface area contributed by atoms with Gasteiger partial charge in [-0.3, -0.25) is 4.79 Å². The normalized spacial score (nSPS) is 9.93. The summed E-state index contributed by atoms with van der Waals surface area (Å²) in [7, 11) is 0. The molecule has 0 unspecified atom stereocenters. The number of rotatable bonds is 3. The summed E-state index contributed by atoms with van der Waals surface area (Å²) in [6, 6.07) is 4.85. The van der Waals surface area contributed by atoms with E-state index >= 15 is 0 Å². The zero-order valence-corrected chi connectivity index (χ0v) is 8.64. The molecule has 0 spiro atoms. The number of amides is 1. The highest BCUT2D eigenvalue weighted by Crippen LogP contribution is 2.16. The Kier molecular flexibility index (Phi) is 3.92. The third kappa shape index (κ3) is 2.47. The minimum absolute atomic E-state index is 0.163. The summed E-state index contributed by atoms with van der Waals surface area (Å²) in [4.78, 5) is 11.5. The molecular formula is C10H12ClNO2. The first kappa shape index (κ1) is 11.0. The van der Waals surface area contributed by atoms with Crippen molar-refractivity contribution in [2.24, 2.45) is 0 Å². The Morgan fingerprint density at radius 1 is 1.57 bits per heavy atom. The summed E-state index contributed by atoms with van der Waals surface area (Å²) in [6.45, 7) is 2.22. The second-order valence-corrected chi connectivity index (χ2v) is 3.26. The first-order chi connectivity index (χ1) is 6.69. The van der Waals surface area contributed by atoms with Gasteiger partial charge in [-0.05, 0) is 24.6 Å². The van der Waals surface area contributed by atoms with E-state index in [0.29, 0.717) is 22.7 Å². The van der Waals surface area contributed by atoms with Crippen LogP contribution in [-0.2, 0) is 6.61 Å². The van der Waals surface area contributed by atoms with E-state index < -0.39 is 0 Å². The van der Waals surface area contributed by atoms with Gasteiger partial charge in [0.2, 0.25) is 0 Å². The van der Waals surface area contributed by atoms with Crippen LogP contribution in [-0.4, -0.2) is 17.6 Å². The van der Waals surface area contributed by atoms with Crippen LogP contribution in [0, 0.1) is 0 Å². The van der Waals surface area contributed by atoms with Gasteiger partial charge in [0.05, 0.1) is 6.61 Å². The highest BCUT2D eigenvalue weighted by molar-refractivity contribution is 6.31. The third-order valence-electron chi connectivity index (χ3n) is 1.82. The van der Waals surface area contributed by atoms with Crippen LogP contribution in [0.2, 0.25) is 5.02 Å². The lowest BCUT2D eigenvalue weighted by molar-refractivity contribution is 0.0952. The molecule has 0 bridgehead atoms. The Hall–Kier alpha value is -1.06. The number of aliphatic hydroxyl groups excluding tert-OH is 1. The number of carbonyl (C=O) groups is 1. The predicted octanol–water partition coefficient (Wildman–Crippen LogP) is 1.58. The summed E-state index contributed by atoms with van der Waals surface area (Å²) in [5.41, 5.74) is 1.02. The molecule has 1 aromatic rings. The molecule has 0 aliphatic rings. The monoisotopic (exact) mass is 213 g/mol. The van der Waals surface area contributed by atoms with E-state index in [-0.39, 0.29) is 12.5 Å². The largest absolute Gasteiger partial charge is 0.392 e. The summed E-state index contributed by atoms with van der Waals surface area (Å²) in [6.07, 6.45) is 0. The molecule has 0 atom stereocenters. The standard InChI is InChI=1S/C10H12ClNO2/c1-2-12-10(14)9-5-8(11)4-3-7(9)6-13/h3-5,13H,2,6H2,1H3,(H,12,14). The number of hydrogen-bond donors (Lipinski definition) is 2. The van der Waals surface area contributed by atoms with E-state index in [4.69, 9.17) is 16.7 Å². The smallest absolute Gasteiger partial charge is 0.251 e. The van der Waals surface area contributed by atoms with Crippen LogP contribution in [0.3, 0.4) is 0 Å². The van der Waals surface area contributed by atoms with E-state index in [9.17, 15) is 4.79 Å². The predicted molar refractivity (Wildman–Crippen MR) is 55.4 cm³/mol. The Balaban J connectivity index is 3.03. The third-order valence-corrected chi connectivity index (χ3v) is 2.06. The van der Waals surface area contributed by atoms with E-state index in [1.807, 2.05) is 6.92 Å². The molecule has 4 heteroatoms. The van der Waals surface area contributed by atoms with Gasteiger partial charge in [0, 0.05) is 17.1 Å². The van der Waals surface area contributed by atoms with Crippen molar-refractivity contribution in [2.45, 2.75) is 13.5 Å². The van der Waals surface area contributed by atoms with Gasteiger partial charge in [0.25, 0.3) is 5.91 Å². The molecule has 0 aliphatic carbocycles. The van der Waals surface area contributed by atoms with Crippen LogP contribution in [0.5, 0.6) is 0 Å². The van der Waals surface area contributed by atoms with Crippen molar-refractivity contribution < 1.29 is 9.90 Å². The van der Waals surface area contributed by atoms with Crippen LogP contribution in [0.1, 0.15) is 22.8 Å². The molecule has 2 N–H and O–H groups in total. The average molecular weight is 214 g/mol. The average Bonchev–Trinajstić information content (AvgIpc) is 2.18. The number of aliphatic hydroxyl groups is 1. The molecule has 0 heterocycles. The molecule has 0 saturated carbocycles. The van der Waals surface area contributed by atoms with Crippen molar-refractivity contribution in [1.29, 1.82) is 0 Å². The second-order valence-electron chi connectivity index (χ2n) is 2.82. The van der Waals surface area contributed by atoms with E-state index in [1.54, 1.807) is 18.2 Å². The molecular weight excluding hydrogens is 202 g/mol. The molecule has 1 rings (SSSR count). The molecule has 3 nitrogen and oxygen atoms in total. The molecule has 0 fully saturated rings. The second kappa shape index (κ2) is 4.98. The molecule has 1 amide bonds. The summed E-state index contributed by atoms with van der Waals surface area (Å²) < 4.78 is 0. The summed E-state index contributed by atoms with van der Waals surface area (Å²) in [5.74, 6) is -0.209. The maximum Gasteiger partial charge on any atom is 0.251 e. The van der Waals surface area contributed by atoms with Crippen LogP contribution in [0.25, 0.3) is 0 Å². The molecule has 0 aliphatic heterocycles. The lowest BCUT2D eigenvalue weighted by atomic mass is 10.1. The first-order valence-electron chi connectivity index (χ1n) is 4.36. The molecule has 0 saturated heterocycles. The summed E-state index contributed by atoms with van der Waals surface area (Å²) in [5, 5.41) is 12.1. The molecule has 0 radical (unpaired) electrons. The SMILES string of the molecule is CCNC(=O)c1cc(Cl)ccc1CO. The van der Waals surface area contributed by atoms with Crippen LogP contribution in [0.15, 0.2) is 18.2 Å². The zero-order chi connectivity index (χ0) is 10.6. The zero-order valence-electron chi connectivity index (χ0n) is 7.88. The van der Waals surface area contributed by atoms with Crippen molar-refractivity contribution in [2.75, 3.05) is 6.54 Å². The van der Waals surface area contributed by atoms with Crippen LogP contribution in [0.4, 0.5) is 0 Å². The lowest BCUT2D eigenvalue weighted by Crippen LogP contribution is -2.23. The van der Waals surface area contributed by atoms with Gasteiger partial charge in [-0.2, -0.15) is 0 Å². The molecule has 14 heavy (non-hydrogen) atoms. The quantitative estimate of drug-likeness (QED) is 0.801. The number of carbonyl (C=O) groups excluding carboxylic acids is 1. The van der Waals surface area contributed by atoms with Gasteiger partial charge >= 0.3 is 0 Å². The maximum absolute atomic E-state index is 11.5. The van der Waals surface area contributed by atoms with Crippen molar-refractivity contribution in [1.82, 2.24) is 5.32 Å². The van der Waals surface area contributed by atoms with Crippen molar-refractivity contribution >= 4 is 17.5 Å². The fourth-order valence-electron chi connectivity index (χ4n) is 1.15. The highest BCUT2D eigenvalue weighted by atomic mass is 35.5. The van der Waals surface area contributed by atoms with Crippen LogP contribution >= 0.6 is 11.6 Å². The van der Waals surface area contributed by atoms with E-state index in [0.717, 1.165) is 0 Å². The minimum Gasteiger partial charge on any atom is -0.392 e.